The molecule has 0 bridgehead atoms. The summed E-state index contributed by atoms with van der Waals surface area (Å²) in [5, 5.41) is 0. The lowest BCUT2D eigenvalue weighted by molar-refractivity contribution is -0.112. The predicted octanol–water partition coefficient (Wildman–Crippen LogP) is 2.73. The van der Waals surface area contributed by atoms with Gasteiger partial charge in [0.05, 0.1) is 11.7 Å². The van der Waals surface area contributed by atoms with Gasteiger partial charge in [-0.1, -0.05) is 19.9 Å². The molecular weight excluding hydrogens is 188 g/mol. The van der Waals surface area contributed by atoms with Gasteiger partial charge in [0.2, 0.25) is 0 Å². The van der Waals surface area contributed by atoms with E-state index in [4.69, 9.17) is 4.74 Å². The molecule has 0 spiro atoms. The van der Waals surface area contributed by atoms with Gasteiger partial charge in [0.25, 0.3) is 0 Å². The molecule has 1 heterocycles. The molecule has 15 heavy (non-hydrogen) atoms. The Morgan fingerprint density at radius 1 is 1.40 bits per heavy atom. The first-order chi connectivity index (χ1) is 6.86. The van der Waals surface area contributed by atoms with Gasteiger partial charge in [-0.15, -0.1) is 0 Å². The van der Waals surface area contributed by atoms with Crippen LogP contribution < -0.4 is 0 Å². The topological polar surface area (TPSA) is 29.6 Å². The maximum atomic E-state index is 11.0. The number of allylic oxidation sites excluding steroid dienone is 1. The average Bonchev–Trinajstić information content (AvgIpc) is 2.74. The lowest BCUT2D eigenvalue weighted by Gasteiger charge is -2.38. The molecule has 1 aliphatic heterocycles. The first-order valence-electron chi connectivity index (χ1n) is 5.73. The fraction of sp³-hybridized carbons (Fsp3) is 0.769. The number of fused-ring (bicyclic) bond motifs is 1. The van der Waals surface area contributed by atoms with Crippen molar-refractivity contribution >= 4 is 5.78 Å². The summed E-state index contributed by atoms with van der Waals surface area (Å²) in [4.78, 5) is 11.0. The van der Waals surface area contributed by atoms with Crippen LogP contribution in [-0.2, 0) is 9.53 Å². The Morgan fingerprint density at radius 3 is 2.67 bits per heavy atom. The van der Waals surface area contributed by atoms with Crippen LogP contribution >= 0.6 is 0 Å². The van der Waals surface area contributed by atoms with Crippen LogP contribution in [0.25, 0.3) is 0 Å². The van der Waals surface area contributed by atoms with Gasteiger partial charge in [-0.2, -0.15) is 0 Å². The summed E-state index contributed by atoms with van der Waals surface area (Å²) in [7, 11) is 0. The van der Waals surface area contributed by atoms with Crippen molar-refractivity contribution in [1.82, 2.24) is 0 Å². The maximum Gasteiger partial charge on any atom is 0.152 e. The van der Waals surface area contributed by atoms with Crippen molar-refractivity contribution in [3.63, 3.8) is 0 Å². The zero-order chi connectivity index (χ0) is 11.3. The quantitative estimate of drug-likeness (QED) is 0.516. The summed E-state index contributed by atoms with van der Waals surface area (Å²) in [6, 6.07) is 0. The molecule has 0 N–H and O–H groups in total. The smallest absolute Gasteiger partial charge is 0.152 e. The monoisotopic (exact) mass is 208 g/mol. The summed E-state index contributed by atoms with van der Waals surface area (Å²) in [6.45, 7) is 8.31. The van der Waals surface area contributed by atoms with E-state index in [1.807, 2.05) is 0 Å². The van der Waals surface area contributed by atoms with Crippen LogP contribution in [0.15, 0.2) is 12.2 Å². The van der Waals surface area contributed by atoms with Crippen LogP contribution in [0.5, 0.6) is 0 Å². The van der Waals surface area contributed by atoms with Crippen LogP contribution in [0.3, 0.4) is 0 Å². The van der Waals surface area contributed by atoms with Crippen LogP contribution in [0.4, 0.5) is 0 Å². The molecule has 0 unspecified atom stereocenters. The molecule has 0 radical (unpaired) electrons. The zero-order valence-corrected chi connectivity index (χ0v) is 10.0. The summed E-state index contributed by atoms with van der Waals surface area (Å²) >= 11 is 0. The van der Waals surface area contributed by atoms with E-state index in [1.165, 1.54) is 6.42 Å². The Kier molecular flexibility index (Phi) is 2.30. The number of carbonyl (C=O) groups excluding carboxylic acids is 1. The maximum absolute atomic E-state index is 11.0. The molecule has 0 aromatic carbocycles. The van der Waals surface area contributed by atoms with Crippen molar-refractivity contribution < 1.29 is 9.53 Å². The zero-order valence-electron chi connectivity index (χ0n) is 10.0. The molecule has 1 aliphatic carbocycles. The van der Waals surface area contributed by atoms with E-state index < -0.39 is 0 Å². The SMILES string of the molecule is CC(=O)/C=C/[C@H]1C(C)(C)CC[C@H]2O[C@@]21C. The highest BCUT2D eigenvalue weighted by molar-refractivity contribution is 5.87. The molecule has 84 valence electrons. The highest BCUT2D eigenvalue weighted by Gasteiger charge is 2.63. The second-order valence-corrected chi connectivity index (χ2v) is 5.77. The van der Waals surface area contributed by atoms with Crippen LogP contribution in [0.2, 0.25) is 0 Å². The minimum absolute atomic E-state index is 0.00625. The molecular formula is C13H20O2. The van der Waals surface area contributed by atoms with Gasteiger partial charge >= 0.3 is 0 Å². The minimum Gasteiger partial charge on any atom is -0.366 e. The molecule has 1 saturated heterocycles. The van der Waals surface area contributed by atoms with E-state index >= 15 is 0 Å². The lowest BCUT2D eigenvalue weighted by atomic mass is 9.64. The molecule has 0 amide bonds. The van der Waals surface area contributed by atoms with E-state index in [0.29, 0.717) is 12.0 Å². The number of carbonyl (C=O) groups is 1. The van der Waals surface area contributed by atoms with Crippen LogP contribution in [0.1, 0.15) is 40.5 Å². The van der Waals surface area contributed by atoms with Crippen molar-refractivity contribution in [2.75, 3.05) is 0 Å². The average molecular weight is 208 g/mol. The van der Waals surface area contributed by atoms with Crippen molar-refractivity contribution in [3.05, 3.63) is 12.2 Å². The Bertz CT molecular complexity index is 312. The third-order valence-corrected chi connectivity index (χ3v) is 4.01. The summed E-state index contributed by atoms with van der Waals surface area (Å²) in [5.74, 6) is 0.491. The Labute approximate surface area is 91.7 Å². The summed E-state index contributed by atoms with van der Waals surface area (Å²) in [5.41, 5.74) is 0.237. The molecule has 2 heteroatoms. The number of epoxide rings is 1. The van der Waals surface area contributed by atoms with Crippen molar-refractivity contribution in [3.8, 4) is 0 Å². The first-order valence-corrected chi connectivity index (χ1v) is 5.73. The van der Waals surface area contributed by atoms with E-state index in [0.717, 1.165) is 6.42 Å². The van der Waals surface area contributed by atoms with E-state index in [-0.39, 0.29) is 16.8 Å². The number of hydrogen-bond acceptors (Lipinski definition) is 2. The van der Waals surface area contributed by atoms with E-state index in [2.05, 4.69) is 26.8 Å². The van der Waals surface area contributed by atoms with Crippen molar-refractivity contribution in [1.29, 1.82) is 0 Å². The second-order valence-electron chi connectivity index (χ2n) is 5.77. The Balaban J connectivity index is 2.21. The fourth-order valence-electron chi connectivity index (χ4n) is 3.01. The fourth-order valence-corrected chi connectivity index (χ4v) is 3.01. The largest absolute Gasteiger partial charge is 0.366 e. The first kappa shape index (κ1) is 10.9. The van der Waals surface area contributed by atoms with Gasteiger partial charge in [0.15, 0.2) is 5.78 Å². The number of rotatable bonds is 2. The third kappa shape index (κ3) is 1.76. The molecule has 0 aromatic heterocycles. The van der Waals surface area contributed by atoms with Crippen molar-refractivity contribution in [2.45, 2.75) is 52.2 Å². The van der Waals surface area contributed by atoms with Crippen LogP contribution in [-0.4, -0.2) is 17.5 Å². The molecule has 1 saturated carbocycles. The normalized spacial score (nSPS) is 42.7. The van der Waals surface area contributed by atoms with E-state index in [9.17, 15) is 4.79 Å². The molecule has 2 nitrogen and oxygen atoms in total. The minimum atomic E-state index is -0.00625. The van der Waals surface area contributed by atoms with Gasteiger partial charge in [-0.3, -0.25) is 4.79 Å². The van der Waals surface area contributed by atoms with Crippen LogP contribution in [0, 0.1) is 11.3 Å². The van der Waals surface area contributed by atoms with Gasteiger partial charge < -0.3 is 4.74 Å². The van der Waals surface area contributed by atoms with Crippen molar-refractivity contribution in [2.24, 2.45) is 11.3 Å². The number of hydrogen-bond donors (Lipinski definition) is 0. The van der Waals surface area contributed by atoms with Gasteiger partial charge in [0, 0.05) is 5.92 Å². The summed E-state index contributed by atoms with van der Waals surface area (Å²) < 4.78 is 5.78. The standard InChI is InChI=1S/C13H20O2/c1-9(14)5-6-10-12(2,3)8-7-11-13(10,4)15-11/h5-6,10-11H,7-8H2,1-4H3/b6-5+/t10-,11+,13+/m0/s1. The lowest BCUT2D eigenvalue weighted by Crippen LogP contribution is -2.39. The second kappa shape index (κ2) is 3.18. The molecule has 3 atom stereocenters. The summed E-state index contributed by atoms with van der Waals surface area (Å²) in [6.07, 6.45) is 6.52. The molecule has 2 aliphatic rings. The highest BCUT2D eigenvalue weighted by Crippen LogP contribution is 2.58. The third-order valence-electron chi connectivity index (χ3n) is 4.01. The van der Waals surface area contributed by atoms with Gasteiger partial charge in [0.1, 0.15) is 0 Å². The molecule has 2 fully saturated rings. The molecule has 0 aromatic rings. The number of ketones is 1. The Morgan fingerprint density at radius 2 is 2.07 bits per heavy atom. The molecule has 2 rings (SSSR count). The van der Waals surface area contributed by atoms with E-state index in [1.54, 1.807) is 13.0 Å². The predicted molar refractivity (Wildman–Crippen MR) is 59.6 cm³/mol. The number of ether oxygens (including phenoxy) is 1. The highest BCUT2D eigenvalue weighted by atomic mass is 16.6. The van der Waals surface area contributed by atoms with Gasteiger partial charge in [-0.25, -0.2) is 0 Å². The Hall–Kier alpha value is -0.630. The van der Waals surface area contributed by atoms with Gasteiger partial charge in [-0.05, 0) is 38.2 Å².